The van der Waals surface area contributed by atoms with Crippen molar-refractivity contribution in [3.63, 3.8) is 0 Å². The number of hydrogen-bond donors (Lipinski definition) is 0. The van der Waals surface area contributed by atoms with Gasteiger partial charge in [0.1, 0.15) is 0 Å². The number of anilines is 1. The van der Waals surface area contributed by atoms with Crippen molar-refractivity contribution in [3.8, 4) is 0 Å². The average molecular weight is 506 g/mol. The van der Waals surface area contributed by atoms with Crippen molar-refractivity contribution in [3.05, 3.63) is 126 Å². The molecule has 1 heteroatoms. The molecule has 0 N–H and O–H groups in total. The van der Waals surface area contributed by atoms with E-state index in [1.54, 1.807) is 0 Å². The van der Waals surface area contributed by atoms with Crippen molar-refractivity contribution in [1.29, 1.82) is 0 Å². The van der Waals surface area contributed by atoms with Gasteiger partial charge >= 0.3 is 0 Å². The van der Waals surface area contributed by atoms with Crippen LogP contribution in [0.2, 0.25) is 0 Å². The van der Waals surface area contributed by atoms with Crippen LogP contribution in [0, 0.1) is 17.3 Å². The predicted molar refractivity (Wildman–Crippen MR) is 170 cm³/mol. The third-order valence-electron chi connectivity index (χ3n) is 8.51. The van der Waals surface area contributed by atoms with E-state index >= 15 is 0 Å². The van der Waals surface area contributed by atoms with E-state index in [9.17, 15) is 0 Å². The van der Waals surface area contributed by atoms with E-state index in [-0.39, 0.29) is 5.41 Å². The van der Waals surface area contributed by atoms with Crippen LogP contribution in [0.25, 0.3) is 12.2 Å². The molecule has 0 saturated carbocycles. The van der Waals surface area contributed by atoms with E-state index in [0.29, 0.717) is 11.8 Å². The quantitative estimate of drug-likeness (QED) is 0.205. The van der Waals surface area contributed by atoms with E-state index < -0.39 is 0 Å². The molecular weight excluding hydrogens is 458 g/mol. The summed E-state index contributed by atoms with van der Waals surface area (Å²) in [6.45, 7) is 18.0. The molecule has 0 heterocycles. The van der Waals surface area contributed by atoms with Gasteiger partial charge in [-0.25, -0.2) is 0 Å². The lowest BCUT2D eigenvalue weighted by atomic mass is 9.78. The number of allylic oxidation sites excluding steroid dienone is 7. The Labute approximate surface area is 232 Å². The number of hydrogen-bond acceptors (Lipinski definition) is 1. The minimum Gasteiger partial charge on any atom is -0.311 e. The summed E-state index contributed by atoms with van der Waals surface area (Å²) in [4.78, 5) is 2.38. The minimum atomic E-state index is 0.125. The van der Waals surface area contributed by atoms with Gasteiger partial charge in [-0.05, 0) is 84.4 Å². The smallest absolute Gasteiger partial charge is 0.0461 e. The summed E-state index contributed by atoms with van der Waals surface area (Å²) < 4.78 is 0. The molecule has 0 saturated heterocycles. The van der Waals surface area contributed by atoms with Crippen LogP contribution in [-0.4, -0.2) is 0 Å². The van der Waals surface area contributed by atoms with Gasteiger partial charge in [-0.2, -0.15) is 0 Å². The topological polar surface area (TPSA) is 3.24 Å². The summed E-state index contributed by atoms with van der Waals surface area (Å²) in [5, 5.41) is 0. The zero-order valence-electron chi connectivity index (χ0n) is 24.5. The fourth-order valence-electron chi connectivity index (χ4n) is 4.85. The monoisotopic (exact) mass is 505 g/mol. The molecule has 0 fully saturated rings. The minimum absolute atomic E-state index is 0.125. The van der Waals surface area contributed by atoms with Gasteiger partial charge in [0.2, 0.25) is 0 Å². The van der Waals surface area contributed by atoms with Crippen molar-refractivity contribution >= 4 is 17.8 Å². The Morgan fingerprint density at radius 3 is 2.13 bits per heavy atom. The van der Waals surface area contributed by atoms with Crippen molar-refractivity contribution in [2.24, 2.45) is 17.3 Å². The standard InChI is InChI=1S/C37H47N/c1-8-29(5)33-22-27-36(28-23-33)38(34(9-2)24-17-30(6)37(7,10-3)11-4)35-25-20-32(21-26-35)19-18-31-15-13-12-14-16-31/h9,12-22,24-29,33H,6,8,10-11,23H2,1-5,7H3/b19-18?,24-17-,34-9+. The molecule has 2 aromatic carbocycles. The van der Waals surface area contributed by atoms with Crippen molar-refractivity contribution in [1.82, 2.24) is 0 Å². The van der Waals surface area contributed by atoms with Gasteiger partial charge in [0.05, 0.1) is 0 Å². The molecule has 2 aromatic rings. The summed E-state index contributed by atoms with van der Waals surface area (Å²) >= 11 is 0. The van der Waals surface area contributed by atoms with Gasteiger partial charge in [-0.3, -0.25) is 0 Å². The van der Waals surface area contributed by atoms with Gasteiger partial charge in [0, 0.05) is 17.1 Å². The van der Waals surface area contributed by atoms with Gasteiger partial charge in [-0.15, -0.1) is 0 Å². The normalized spacial score (nSPS) is 17.2. The van der Waals surface area contributed by atoms with Crippen LogP contribution < -0.4 is 4.90 Å². The van der Waals surface area contributed by atoms with Gasteiger partial charge in [0.15, 0.2) is 0 Å². The van der Waals surface area contributed by atoms with Gasteiger partial charge in [-0.1, -0.05) is 127 Å². The van der Waals surface area contributed by atoms with E-state index in [1.165, 1.54) is 28.8 Å². The van der Waals surface area contributed by atoms with Crippen LogP contribution in [0.4, 0.5) is 5.69 Å². The molecule has 38 heavy (non-hydrogen) atoms. The lowest BCUT2D eigenvalue weighted by Gasteiger charge is -2.31. The van der Waals surface area contributed by atoms with Crippen molar-refractivity contribution < 1.29 is 0 Å². The molecule has 0 aromatic heterocycles. The summed E-state index contributed by atoms with van der Waals surface area (Å²) in [6, 6.07) is 19.3. The largest absolute Gasteiger partial charge is 0.311 e. The fourth-order valence-corrected chi connectivity index (χ4v) is 4.85. The second kappa shape index (κ2) is 14.0. The molecule has 1 nitrogen and oxygen atoms in total. The first-order chi connectivity index (χ1) is 18.3. The highest BCUT2D eigenvalue weighted by atomic mass is 15.1. The van der Waals surface area contributed by atoms with Crippen LogP contribution in [-0.2, 0) is 0 Å². The molecule has 0 radical (unpaired) electrons. The van der Waals surface area contributed by atoms with Gasteiger partial charge in [0.25, 0.3) is 0 Å². The van der Waals surface area contributed by atoms with Crippen LogP contribution in [0.1, 0.15) is 78.4 Å². The Hall–Kier alpha value is -3.32. The highest BCUT2D eigenvalue weighted by Gasteiger charge is 2.23. The lowest BCUT2D eigenvalue weighted by Crippen LogP contribution is -2.23. The van der Waals surface area contributed by atoms with Crippen LogP contribution in [0.5, 0.6) is 0 Å². The average Bonchev–Trinajstić information content (AvgIpc) is 2.98. The Bertz CT molecular complexity index is 1180. The molecule has 0 bridgehead atoms. The lowest BCUT2D eigenvalue weighted by molar-refractivity contribution is 0.378. The van der Waals surface area contributed by atoms with Crippen LogP contribution >= 0.6 is 0 Å². The van der Waals surface area contributed by atoms with Crippen LogP contribution in [0.3, 0.4) is 0 Å². The first-order valence-corrected chi connectivity index (χ1v) is 14.4. The van der Waals surface area contributed by atoms with E-state index in [4.69, 9.17) is 0 Å². The first-order valence-electron chi connectivity index (χ1n) is 14.4. The maximum Gasteiger partial charge on any atom is 0.0461 e. The fraction of sp³-hybridized carbons (Fsp3) is 0.351. The molecule has 2 atom stereocenters. The van der Waals surface area contributed by atoms with Crippen molar-refractivity contribution in [2.75, 3.05) is 4.90 Å². The third-order valence-corrected chi connectivity index (χ3v) is 8.51. The summed E-state index contributed by atoms with van der Waals surface area (Å²) in [7, 11) is 0. The number of nitrogens with zero attached hydrogens (tertiary/aromatic N) is 1. The Balaban J connectivity index is 1.93. The Morgan fingerprint density at radius 2 is 1.61 bits per heavy atom. The second-order valence-corrected chi connectivity index (χ2v) is 10.8. The summed E-state index contributed by atoms with van der Waals surface area (Å²) in [5.74, 6) is 1.30. The number of benzene rings is 2. The van der Waals surface area contributed by atoms with E-state index in [0.717, 1.165) is 30.6 Å². The molecular formula is C37H47N. The molecule has 1 aliphatic carbocycles. The predicted octanol–water partition coefficient (Wildman–Crippen LogP) is 11.0. The SMILES string of the molecule is C=C(/C=C\C(=C/C)N(C1=CCC(C(C)CC)C=C1)c1ccc(C=Cc2ccccc2)cc1)C(C)(CC)CC. The number of rotatable bonds is 12. The highest BCUT2D eigenvalue weighted by Crippen LogP contribution is 2.36. The molecule has 1 aliphatic rings. The van der Waals surface area contributed by atoms with E-state index in [1.807, 2.05) is 6.07 Å². The Morgan fingerprint density at radius 1 is 0.974 bits per heavy atom. The van der Waals surface area contributed by atoms with Crippen LogP contribution in [0.15, 0.2) is 115 Å². The summed E-state index contributed by atoms with van der Waals surface area (Å²) in [6.07, 6.45) is 22.6. The maximum absolute atomic E-state index is 4.45. The van der Waals surface area contributed by atoms with Crippen molar-refractivity contribution in [2.45, 2.75) is 67.2 Å². The zero-order valence-corrected chi connectivity index (χ0v) is 24.5. The molecule has 0 amide bonds. The van der Waals surface area contributed by atoms with E-state index in [2.05, 4.69) is 150 Å². The molecule has 2 unspecified atom stereocenters. The third kappa shape index (κ3) is 7.38. The summed E-state index contributed by atoms with van der Waals surface area (Å²) in [5.41, 5.74) is 7.26. The molecule has 3 rings (SSSR count). The highest BCUT2D eigenvalue weighted by molar-refractivity contribution is 5.72. The first kappa shape index (κ1) is 29.2. The zero-order chi connectivity index (χ0) is 27.5. The molecule has 0 spiro atoms. The van der Waals surface area contributed by atoms with Gasteiger partial charge < -0.3 is 4.90 Å². The Kier molecular flexibility index (Phi) is 10.8. The second-order valence-electron chi connectivity index (χ2n) is 10.8. The maximum atomic E-state index is 4.45. The molecule has 0 aliphatic heterocycles. The molecule has 200 valence electrons.